The van der Waals surface area contributed by atoms with Crippen molar-refractivity contribution in [3.63, 3.8) is 0 Å². The van der Waals surface area contributed by atoms with Crippen molar-refractivity contribution in [1.29, 1.82) is 0 Å². The Morgan fingerprint density at radius 3 is 2.43 bits per heavy atom. The molecule has 1 aliphatic rings. The number of hydrogen-bond donors (Lipinski definition) is 2. The van der Waals surface area contributed by atoms with Crippen LogP contribution in [0, 0.1) is 19.7 Å². The summed E-state index contributed by atoms with van der Waals surface area (Å²) >= 11 is 0. The number of nitrogens with one attached hydrogen (secondary N) is 2. The summed E-state index contributed by atoms with van der Waals surface area (Å²) in [6.45, 7) is 13.4. The molecule has 49 heavy (non-hydrogen) atoms. The molecule has 0 saturated carbocycles. The van der Waals surface area contributed by atoms with Crippen LogP contribution in [-0.2, 0) is 0 Å². The highest BCUT2D eigenvalue weighted by molar-refractivity contribution is 6.06. The minimum Gasteiger partial charge on any atom is -0.489 e. The largest absolute Gasteiger partial charge is 0.489 e. The number of hydrogen-bond acceptors (Lipinski definition) is 9. The Morgan fingerprint density at radius 1 is 1.00 bits per heavy atom. The average molecular weight is 665 g/mol. The van der Waals surface area contributed by atoms with Crippen LogP contribution in [0.5, 0.6) is 17.4 Å². The van der Waals surface area contributed by atoms with Gasteiger partial charge in [0.2, 0.25) is 11.8 Å². The fourth-order valence-corrected chi connectivity index (χ4v) is 5.68. The molecule has 0 aliphatic carbocycles. The predicted octanol–water partition coefficient (Wildman–Crippen LogP) is 6.61. The Balaban J connectivity index is 1.16. The molecule has 1 saturated heterocycles. The highest BCUT2D eigenvalue weighted by Gasteiger charge is 2.21. The summed E-state index contributed by atoms with van der Waals surface area (Å²) in [5.74, 6) is -0.136. The van der Waals surface area contributed by atoms with E-state index < -0.39 is 11.7 Å². The number of ether oxygens (including phenoxy) is 2. The molecule has 0 unspecified atom stereocenters. The summed E-state index contributed by atoms with van der Waals surface area (Å²) in [6, 6.07) is 18.2. The van der Waals surface area contributed by atoms with Crippen molar-refractivity contribution in [2.45, 2.75) is 33.7 Å². The number of rotatable bonds is 12. The zero-order valence-electron chi connectivity index (χ0n) is 28.2. The van der Waals surface area contributed by atoms with Crippen LogP contribution in [0.2, 0.25) is 0 Å². The third-order valence-corrected chi connectivity index (χ3v) is 8.56. The Labute approximate surface area is 285 Å². The number of nitrogens with zero attached hydrogens (tertiary/aromatic N) is 6. The lowest BCUT2D eigenvalue weighted by molar-refractivity contribution is 0.0965. The van der Waals surface area contributed by atoms with Crippen molar-refractivity contribution < 1.29 is 18.7 Å². The van der Waals surface area contributed by atoms with Crippen LogP contribution in [0.3, 0.4) is 0 Å². The highest BCUT2D eigenvalue weighted by atomic mass is 19.1. The molecule has 11 nitrogen and oxygen atoms in total. The molecule has 12 heteroatoms. The molecule has 0 bridgehead atoms. The van der Waals surface area contributed by atoms with E-state index in [1.54, 1.807) is 36.8 Å². The van der Waals surface area contributed by atoms with Crippen LogP contribution in [0.1, 0.15) is 35.3 Å². The zero-order chi connectivity index (χ0) is 34.3. The lowest BCUT2D eigenvalue weighted by Gasteiger charge is -2.36. The van der Waals surface area contributed by atoms with Crippen molar-refractivity contribution in [1.82, 2.24) is 29.3 Å². The smallest absolute Gasteiger partial charge is 0.262 e. The molecule has 3 heterocycles. The highest BCUT2D eigenvalue weighted by Crippen LogP contribution is 2.29. The number of piperazine rings is 1. The molecule has 0 radical (unpaired) electrons. The Hall–Kier alpha value is -5.33. The second-order valence-electron chi connectivity index (χ2n) is 12.3. The molecular formula is C37H41FN8O3. The molecule has 2 aromatic heterocycles. The Kier molecular flexibility index (Phi) is 10.5. The van der Waals surface area contributed by atoms with E-state index in [1.165, 1.54) is 12.3 Å². The molecule has 2 N–H and O–H groups in total. The second-order valence-corrected chi connectivity index (χ2v) is 12.3. The van der Waals surface area contributed by atoms with Gasteiger partial charge < -0.3 is 24.7 Å². The van der Waals surface area contributed by atoms with E-state index in [1.807, 2.05) is 54.9 Å². The summed E-state index contributed by atoms with van der Waals surface area (Å²) in [5.41, 5.74) is 3.98. The SMILES string of the molecule is Cc1cccc(C)c1NC(=O)c1cnc(Nc2ccc(OCCN3CCN(C(C)C)CC3)c(F)c2)nc1Oc1ccc(-n2ccnc2)cc1. The number of carbonyl (C=O) groups is 1. The van der Waals surface area contributed by atoms with Gasteiger partial charge in [-0.1, -0.05) is 18.2 Å². The van der Waals surface area contributed by atoms with E-state index in [4.69, 9.17) is 9.47 Å². The van der Waals surface area contributed by atoms with Crippen LogP contribution in [0.15, 0.2) is 85.6 Å². The molecule has 3 aromatic carbocycles. The maximum absolute atomic E-state index is 15.1. The number of aromatic nitrogens is 4. The Bertz CT molecular complexity index is 1850. The van der Waals surface area contributed by atoms with Gasteiger partial charge in [0.1, 0.15) is 17.9 Å². The molecule has 6 rings (SSSR count). The Morgan fingerprint density at radius 2 is 1.76 bits per heavy atom. The fraction of sp³-hybridized carbons (Fsp3) is 0.297. The monoisotopic (exact) mass is 664 g/mol. The van der Waals surface area contributed by atoms with Gasteiger partial charge in [-0.15, -0.1) is 0 Å². The molecular weight excluding hydrogens is 623 g/mol. The molecule has 0 atom stereocenters. The van der Waals surface area contributed by atoms with Crippen molar-refractivity contribution in [3.8, 4) is 23.1 Å². The van der Waals surface area contributed by atoms with Crippen LogP contribution in [0.4, 0.5) is 21.7 Å². The first kappa shape index (κ1) is 33.6. The minimum absolute atomic E-state index is 0.0336. The van der Waals surface area contributed by atoms with Crippen LogP contribution in [0.25, 0.3) is 5.69 Å². The number of amides is 1. The molecule has 0 spiro atoms. The van der Waals surface area contributed by atoms with E-state index in [-0.39, 0.29) is 23.1 Å². The van der Waals surface area contributed by atoms with Gasteiger partial charge in [0.15, 0.2) is 11.6 Å². The van der Waals surface area contributed by atoms with E-state index in [0.717, 1.165) is 49.5 Å². The third-order valence-electron chi connectivity index (χ3n) is 8.56. The van der Waals surface area contributed by atoms with E-state index >= 15 is 4.39 Å². The molecule has 1 fully saturated rings. The van der Waals surface area contributed by atoms with Crippen molar-refractivity contribution in [3.05, 3.63) is 108 Å². The van der Waals surface area contributed by atoms with Crippen LogP contribution in [-0.4, -0.2) is 80.6 Å². The lowest BCUT2D eigenvalue weighted by Crippen LogP contribution is -2.49. The van der Waals surface area contributed by atoms with Crippen molar-refractivity contribution >= 4 is 23.2 Å². The standard InChI is InChI=1S/C37H41FN8O3/c1-25(2)45-18-16-44(17-19-45)20-21-48-33-13-8-28(22-32(33)38)41-37-40-23-31(35(47)42-34-26(3)6-5-7-27(34)4)36(43-37)49-30-11-9-29(10-12-30)46-15-14-39-24-46/h5-15,22-25H,16-21H2,1-4H3,(H,42,47)(H,40,41,43). The van der Waals surface area contributed by atoms with E-state index in [2.05, 4.69) is 49.2 Å². The van der Waals surface area contributed by atoms with Crippen LogP contribution < -0.4 is 20.1 Å². The molecule has 1 aliphatic heterocycles. The number of aryl methyl sites for hydroxylation is 2. The summed E-state index contributed by atoms with van der Waals surface area (Å²) in [4.78, 5) is 31.3. The van der Waals surface area contributed by atoms with Gasteiger partial charge in [-0.2, -0.15) is 4.98 Å². The first-order chi connectivity index (χ1) is 23.7. The average Bonchev–Trinajstić information content (AvgIpc) is 3.63. The number of benzene rings is 3. The summed E-state index contributed by atoms with van der Waals surface area (Å²) in [7, 11) is 0. The van der Waals surface area contributed by atoms with Gasteiger partial charge in [0.25, 0.3) is 5.91 Å². The molecule has 1 amide bonds. The molecule has 5 aromatic rings. The maximum Gasteiger partial charge on any atom is 0.262 e. The summed E-state index contributed by atoms with van der Waals surface area (Å²) in [6.07, 6.45) is 6.63. The number of imidazole rings is 1. The third kappa shape index (κ3) is 8.40. The number of para-hydroxylation sites is 1. The second kappa shape index (κ2) is 15.3. The lowest BCUT2D eigenvalue weighted by atomic mass is 10.1. The maximum atomic E-state index is 15.1. The van der Waals surface area contributed by atoms with Gasteiger partial charge >= 0.3 is 0 Å². The summed E-state index contributed by atoms with van der Waals surface area (Å²) in [5, 5.41) is 6.01. The number of anilines is 3. The first-order valence-electron chi connectivity index (χ1n) is 16.4. The van der Waals surface area contributed by atoms with Crippen molar-refractivity contribution in [2.24, 2.45) is 0 Å². The normalized spacial score (nSPS) is 13.8. The van der Waals surface area contributed by atoms with E-state index in [9.17, 15) is 4.79 Å². The predicted molar refractivity (Wildman–Crippen MR) is 188 cm³/mol. The first-order valence-corrected chi connectivity index (χ1v) is 16.4. The minimum atomic E-state index is -0.506. The van der Waals surface area contributed by atoms with Gasteiger partial charge in [0, 0.05) is 80.5 Å². The molecule has 254 valence electrons. The van der Waals surface area contributed by atoms with Gasteiger partial charge in [0.05, 0.1) is 6.33 Å². The van der Waals surface area contributed by atoms with Gasteiger partial charge in [-0.05, 0) is 75.2 Å². The van der Waals surface area contributed by atoms with Gasteiger partial charge in [-0.3, -0.25) is 14.6 Å². The van der Waals surface area contributed by atoms with Gasteiger partial charge in [-0.25, -0.2) is 14.4 Å². The van der Waals surface area contributed by atoms with Crippen LogP contribution >= 0.6 is 0 Å². The number of halogens is 1. The topological polar surface area (TPSA) is 110 Å². The van der Waals surface area contributed by atoms with E-state index in [0.29, 0.717) is 29.8 Å². The summed E-state index contributed by atoms with van der Waals surface area (Å²) < 4.78 is 28.9. The van der Waals surface area contributed by atoms with Crippen molar-refractivity contribution in [2.75, 3.05) is 50.0 Å². The fourth-order valence-electron chi connectivity index (χ4n) is 5.68. The zero-order valence-corrected chi connectivity index (χ0v) is 28.2. The number of carbonyl (C=O) groups excluding carboxylic acids is 1. The quantitative estimate of drug-likeness (QED) is 0.152.